The molecule has 31 heavy (non-hydrogen) atoms. The molecule has 0 aliphatic carbocycles. The van der Waals surface area contributed by atoms with Gasteiger partial charge in [-0.2, -0.15) is 0 Å². The number of anilines is 1. The maximum Gasteiger partial charge on any atom is 0.241 e. The van der Waals surface area contributed by atoms with Gasteiger partial charge in [-0.1, -0.05) is 18.2 Å². The van der Waals surface area contributed by atoms with Crippen molar-refractivity contribution >= 4 is 42.3 Å². The van der Waals surface area contributed by atoms with E-state index in [1.165, 1.54) is 18.4 Å². The summed E-state index contributed by atoms with van der Waals surface area (Å²) in [4.78, 5) is 31.6. The number of rotatable bonds is 5. The number of hydrogen-bond donors (Lipinski definition) is 1. The average Bonchev–Trinajstić information content (AvgIpc) is 2.78. The highest BCUT2D eigenvalue weighted by Gasteiger charge is 2.27. The van der Waals surface area contributed by atoms with Crippen molar-refractivity contribution in [2.24, 2.45) is 5.92 Å². The molecule has 3 aliphatic heterocycles. The Morgan fingerprint density at radius 1 is 0.935 bits per heavy atom. The van der Waals surface area contributed by atoms with Gasteiger partial charge in [-0.3, -0.25) is 14.5 Å². The summed E-state index contributed by atoms with van der Waals surface area (Å²) in [5.41, 5.74) is 2.35. The van der Waals surface area contributed by atoms with Crippen molar-refractivity contribution in [1.29, 1.82) is 0 Å². The monoisotopic (exact) mass is 470 g/mol. The smallest absolute Gasteiger partial charge is 0.241 e. The van der Waals surface area contributed by atoms with E-state index < -0.39 is 0 Å². The van der Waals surface area contributed by atoms with Crippen LogP contribution in [0.1, 0.15) is 37.7 Å². The predicted molar refractivity (Wildman–Crippen MR) is 129 cm³/mol. The summed E-state index contributed by atoms with van der Waals surface area (Å²) < 4.78 is 0. The number of aryl methyl sites for hydroxylation is 1. The van der Waals surface area contributed by atoms with Gasteiger partial charge in [0.15, 0.2) is 0 Å². The van der Waals surface area contributed by atoms with Gasteiger partial charge in [0.1, 0.15) is 0 Å². The van der Waals surface area contributed by atoms with Crippen LogP contribution in [0.25, 0.3) is 0 Å². The number of para-hydroxylation sites is 1. The predicted octanol–water partition coefficient (Wildman–Crippen LogP) is 2.73. The highest BCUT2D eigenvalue weighted by molar-refractivity contribution is 5.96. The van der Waals surface area contributed by atoms with Gasteiger partial charge in [0.2, 0.25) is 11.8 Å². The number of piperidine rings is 1. The van der Waals surface area contributed by atoms with Crippen LogP contribution in [0.4, 0.5) is 5.69 Å². The minimum Gasteiger partial charge on any atom is -0.340 e. The minimum atomic E-state index is 0. The first-order valence-corrected chi connectivity index (χ1v) is 11.3. The number of piperazine rings is 1. The number of fused-ring (bicyclic) bond motifs is 1. The molecule has 2 amide bonds. The Labute approximate surface area is 198 Å². The second kappa shape index (κ2) is 12.6. The van der Waals surface area contributed by atoms with Crippen molar-refractivity contribution in [3.8, 4) is 0 Å². The summed E-state index contributed by atoms with van der Waals surface area (Å²) >= 11 is 0. The Morgan fingerprint density at radius 3 is 2.39 bits per heavy atom. The summed E-state index contributed by atoms with van der Waals surface area (Å²) in [7, 11) is 0. The fourth-order valence-electron chi connectivity index (χ4n) is 4.88. The maximum absolute atomic E-state index is 12.9. The van der Waals surface area contributed by atoms with Crippen molar-refractivity contribution in [3.63, 3.8) is 0 Å². The van der Waals surface area contributed by atoms with Gasteiger partial charge in [-0.05, 0) is 62.7 Å². The number of carbonyl (C=O) groups excluding carboxylic acids is 2. The average molecular weight is 471 g/mol. The fraction of sp³-hybridized carbons (Fsp3) is 0.652. The first-order valence-electron chi connectivity index (χ1n) is 11.3. The third-order valence-electron chi connectivity index (χ3n) is 6.72. The molecule has 1 N–H and O–H groups in total. The van der Waals surface area contributed by atoms with Crippen LogP contribution < -0.4 is 10.2 Å². The zero-order valence-corrected chi connectivity index (χ0v) is 19.9. The Bertz CT molecular complexity index is 719. The van der Waals surface area contributed by atoms with Gasteiger partial charge in [-0.25, -0.2) is 0 Å². The molecule has 3 heterocycles. The molecule has 0 bridgehead atoms. The summed E-state index contributed by atoms with van der Waals surface area (Å²) in [6.07, 6.45) is 6.17. The van der Waals surface area contributed by atoms with Crippen LogP contribution in [0.5, 0.6) is 0 Å². The molecule has 4 rings (SSSR count). The van der Waals surface area contributed by atoms with E-state index in [1.54, 1.807) is 0 Å². The molecule has 0 aromatic heterocycles. The van der Waals surface area contributed by atoms with Crippen molar-refractivity contribution in [3.05, 3.63) is 29.8 Å². The van der Waals surface area contributed by atoms with Crippen molar-refractivity contribution in [2.75, 3.05) is 57.3 Å². The molecule has 1 aromatic carbocycles. The molecular formula is C23H36Cl2N4O2. The quantitative estimate of drug-likeness (QED) is 0.718. The molecular weight excluding hydrogens is 435 g/mol. The number of benzene rings is 1. The molecule has 3 aliphatic rings. The minimum absolute atomic E-state index is 0. The van der Waals surface area contributed by atoms with E-state index in [-0.39, 0.29) is 30.7 Å². The molecule has 174 valence electrons. The van der Waals surface area contributed by atoms with Gasteiger partial charge in [0.25, 0.3) is 0 Å². The lowest BCUT2D eigenvalue weighted by Crippen LogP contribution is -2.52. The second-order valence-corrected chi connectivity index (χ2v) is 8.67. The first kappa shape index (κ1) is 25.9. The first-order chi connectivity index (χ1) is 14.2. The summed E-state index contributed by atoms with van der Waals surface area (Å²) in [6, 6.07) is 8.25. The number of amides is 2. The van der Waals surface area contributed by atoms with Crippen LogP contribution in [-0.2, 0) is 16.0 Å². The summed E-state index contributed by atoms with van der Waals surface area (Å²) in [6.45, 7) is 6.51. The third kappa shape index (κ3) is 6.82. The molecule has 1 aromatic rings. The highest BCUT2D eigenvalue weighted by Crippen LogP contribution is 2.27. The lowest BCUT2D eigenvalue weighted by molar-refractivity contribution is -0.133. The van der Waals surface area contributed by atoms with E-state index in [0.717, 1.165) is 70.8 Å². The van der Waals surface area contributed by atoms with Gasteiger partial charge < -0.3 is 15.1 Å². The molecule has 0 unspecified atom stereocenters. The Morgan fingerprint density at radius 2 is 1.65 bits per heavy atom. The van der Waals surface area contributed by atoms with E-state index in [4.69, 9.17) is 0 Å². The lowest BCUT2D eigenvalue weighted by atomic mass is 9.93. The topological polar surface area (TPSA) is 55.9 Å². The molecule has 0 saturated carbocycles. The van der Waals surface area contributed by atoms with Crippen LogP contribution in [-0.4, -0.2) is 74.0 Å². The standard InChI is InChI=1S/C23H34N4O2.2ClH/c28-22(8-7-19-9-11-24-12-10-19)26-16-14-25(15-17-26)18-23(29)27-13-3-5-20-4-1-2-6-21(20)27;;/h1-2,4,6,19,24H,3,5,7-18H2;2*1H. The largest absolute Gasteiger partial charge is 0.340 e. The van der Waals surface area contributed by atoms with E-state index in [0.29, 0.717) is 24.8 Å². The van der Waals surface area contributed by atoms with Gasteiger partial charge in [0.05, 0.1) is 6.54 Å². The highest BCUT2D eigenvalue weighted by atomic mass is 35.5. The van der Waals surface area contributed by atoms with E-state index in [2.05, 4.69) is 22.3 Å². The van der Waals surface area contributed by atoms with Crippen molar-refractivity contribution < 1.29 is 9.59 Å². The lowest BCUT2D eigenvalue weighted by Gasteiger charge is -2.36. The number of carbonyl (C=O) groups is 2. The van der Waals surface area contributed by atoms with Crippen LogP contribution in [0.2, 0.25) is 0 Å². The van der Waals surface area contributed by atoms with E-state index in [9.17, 15) is 9.59 Å². The van der Waals surface area contributed by atoms with Gasteiger partial charge in [0, 0.05) is 44.8 Å². The Kier molecular flexibility index (Phi) is 10.6. The SMILES string of the molecule is Cl.Cl.O=C(CCC1CCNCC1)N1CCN(CC(=O)N2CCCc3ccccc32)CC1. The van der Waals surface area contributed by atoms with Crippen LogP contribution in [0.15, 0.2) is 24.3 Å². The Balaban J connectivity index is 0.00000171. The molecule has 2 fully saturated rings. The van der Waals surface area contributed by atoms with Gasteiger partial charge in [-0.15, -0.1) is 24.8 Å². The van der Waals surface area contributed by atoms with Crippen LogP contribution >= 0.6 is 24.8 Å². The third-order valence-corrected chi connectivity index (χ3v) is 6.72. The number of nitrogens with zero attached hydrogens (tertiary/aromatic N) is 3. The maximum atomic E-state index is 12.9. The molecule has 0 spiro atoms. The van der Waals surface area contributed by atoms with Crippen molar-refractivity contribution in [1.82, 2.24) is 15.1 Å². The zero-order chi connectivity index (χ0) is 20.1. The van der Waals surface area contributed by atoms with Gasteiger partial charge >= 0.3 is 0 Å². The molecule has 0 atom stereocenters. The number of hydrogen-bond acceptors (Lipinski definition) is 4. The normalized spacial score (nSPS) is 19.7. The van der Waals surface area contributed by atoms with E-state index in [1.807, 2.05) is 21.9 Å². The summed E-state index contributed by atoms with van der Waals surface area (Å²) in [5.74, 6) is 1.17. The molecule has 6 nitrogen and oxygen atoms in total. The van der Waals surface area contributed by atoms with Crippen molar-refractivity contribution in [2.45, 2.75) is 38.5 Å². The van der Waals surface area contributed by atoms with Crippen LogP contribution in [0, 0.1) is 5.92 Å². The molecule has 8 heteroatoms. The fourth-order valence-corrected chi connectivity index (χ4v) is 4.88. The van der Waals surface area contributed by atoms with E-state index >= 15 is 0 Å². The Hall–Kier alpha value is -1.34. The molecule has 2 saturated heterocycles. The molecule has 0 radical (unpaired) electrons. The number of halogens is 2. The zero-order valence-electron chi connectivity index (χ0n) is 18.3. The van der Waals surface area contributed by atoms with Crippen LogP contribution in [0.3, 0.4) is 0 Å². The second-order valence-electron chi connectivity index (χ2n) is 8.67. The summed E-state index contributed by atoms with van der Waals surface area (Å²) in [5, 5.41) is 3.38. The number of nitrogens with one attached hydrogen (secondary N) is 1.